The molecule has 1 amide bonds. The van der Waals surface area contributed by atoms with Gasteiger partial charge >= 0.3 is 0 Å². The van der Waals surface area contributed by atoms with Crippen LogP contribution in [0.2, 0.25) is 0 Å². The molecule has 1 aromatic carbocycles. The minimum Gasteiger partial charge on any atom is -0.356 e. The summed E-state index contributed by atoms with van der Waals surface area (Å²) in [6.07, 6.45) is 4.77. The van der Waals surface area contributed by atoms with E-state index in [9.17, 15) is 4.79 Å². The average molecular weight is 341 g/mol. The second-order valence-electron chi connectivity index (χ2n) is 7.57. The molecule has 0 aliphatic carbocycles. The number of hydrogen-bond donors (Lipinski definition) is 1. The van der Waals surface area contributed by atoms with E-state index in [2.05, 4.69) is 30.1 Å². The largest absolute Gasteiger partial charge is 0.356 e. The molecule has 0 radical (unpaired) electrons. The highest BCUT2D eigenvalue weighted by atomic mass is 16.1. The number of carbonyl (C=O) groups is 1. The molecule has 1 aromatic rings. The molecular formula is C21H31N3O. The molecule has 25 heavy (non-hydrogen) atoms. The summed E-state index contributed by atoms with van der Waals surface area (Å²) in [6.45, 7) is 9.05. The monoisotopic (exact) mass is 341 g/mol. The van der Waals surface area contributed by atoms with Crippen LogP contribution >= 0.6 is 0 Å². The normalized spacial score (nSPS) is 20.8. The maximum Gasteiger partial charge on any atom is 0.220 e. The standard InChI is InChI=1S/C21H31N3O/c1-17-13-18(2)16-24(15-17)12-4-3-11-23-21(25)10-9-19-5-7-20(14-22)8-6-19/h5-8,17-18H,3-4,9-13,15-16H2,1-2H3,(H,23,25). The lowest BCUT2D eigenvalue weighted by Crippen LogP contribution is -2.39. The first kappa shape index (κ1) is 19.5. The number of piperidine rings is 1. The zero-order valence-corrected chi connectivity index (χ0v) is 15.6. The van der Waals surface area contributed by atoms with Crippen molar-refractivity contribution in [1.29, 1.82) is 5.26 Å². The van der Waals surface area contributed by atoms with Gasteiger partial charge in [0.2, 0.25) is 5.91 Å². The summed E-state index contributed by atoms with van der Waals surface area (Å²) < 4.78 is 0. The van der Waals surface area contributed by atoms with Gasteiger partial charge in [0.1, 0.15) is 0 Å². The number of aryl methyl sites for hydroxylation is 1. The number of nitriles is 1. The zero-order chi connectivity index (χ0) is 18.1. The van der Waals surface area contributed by atoms with Crippen LogP contribution in [0.5, 0.6) is 0 Å². The summed E-state index contributed by atoms with van der Waals surface area (Å²) in [5.41, 5.74) is 1.76. The van der Waals surface area contributed by atoms with Gasteiger partial charge in [-0.25, -0.2) is 0 Å². The quantitative estimate of drug-likeness (QED) is 0.738. The van der Waals surface area contributed by atoms with Crippen LogP contribution in [0.3, 0.4) is 0 Å². The van der Waals surface area contributed by atoms with E-state index in [1.165, 1.54) is 19.5 Å². The van der Waals surface area contributed by atoms with E-state index in [1.807, 2.05) is 12.1 Å². The molecule has 4 nitrogen and oxygen atoms in total. The van der Waals surface area contributed by atoms with E-state index in [-0.39, 0.29) is 5.91 Å². The summed E-state index contributed by atoms with van der Waals surface area (Å²) in [5, 5.41) is 11.8. The fourth-order valence-electron chi connectivity index (χ4n) is 3.76. The van der Waals surface area contributed by atoms with E-state index < -0.39 is 0 Å². The third kappa shape index (κ3) is 7.27. The van der Waals surface area contributed by atoms with Crippen LogP contribution in [-0.4, -0.2) is 37.0 Å². The van der Waals surface area contributed by atoms with E-state index in [1.54, 1.807) is 12.1 Å². The highest BCUT2D eigenvalue weighted by molar-refractivity contribution is 5.76. The van der Waals surface area contributed by atoms with Crippen molar-refractivity contribution < 1.29 is 4.79 Å². The second kappa shape index (κ2) is 10.2. The van der Waals surface area contributed by atoms with Gasteiger partial charge in [-0.3, -0.25) is 4.79 Å². The van der Waals surface area contributed by atoms with Crippen LogP contribution in [0.1, 0.15) is 50.7 Å². The second-order valence-corrected chi connectivity index (χ2v) is 7.57. The minimum atomic E-state index is 0.115. The van der Waals surface area contributed by atoms with Gasteiger partial charge in [0.05, 0.1) is 11.6 Å². The van der Waals surface area contributed by atoms with Crippen molar-refractivity contribution in [3.63, 3.8) is 0 Å². The number of benzene rings is 1. The summed E-state index contributed by atoms with van der Waals surface area (Å²) in [7, 11) is 0. The highest BCUT2D eigenvalue weighted by Gasteiger charge is 2.20. The number of unbranched alkanes of at least 4 members (excludes halogenated alkanes) is 1. The van der Waals surface area contributed by atoms with Gasteiger partial charge in [-0.2, -0.15) is 5.26 Å². The molecule has 1 heterocycles. The van der Waals surface area contributed by atoms with Crippen molar-refractivity contribution in [3.05, 3.63) is 35.4 Å². The molecule has 0 bridgehead atoms. The molecule has 0 spiro atoms. The molecule has 136 valence electrons. The first-order valence-corrected chi connectivity index (χ1v) is 9.55. The molecule has 2 unspecified atom stereocenters. The number of amides is 1. The van der Waals surface area contributed by atoms with E-state index in [0.29, 0.717) is 12.0 Å². The Bertz CT molecular complexity index is 566. The number of hydrogen-bond acceptors (Lipinski definition) is 3. The van der Waals surface area contributed by atoms with Crippen LogP contribution < -0.4 is 5.32 Å². The molecule has 0 aromatic heterocycles. The highest BCUT2D eigenvalue weighted by Crippen LogP contribution is 2.20. The number of rotatable bonds is 8. The molecular weight excluding hydrogens is 310 g/mol. The molecule has 1 fully saturated rings. The lowest BCUT2D eigenvalue weighted by atomic mass is 9.92. The van der Waals surface area contributed by atoms with E-state index in [4.69, 9.17) is 5.26 Å². The van der Waals surface area contributed by atoms with Crippen LogP contribution in [0.25, 0.3) is 0 Å². The number of carbonyl (C=O) groups excluding carboxylic acids is 1. The number of nitrogens with zero attached hydrogens (tertiary/aromatic N) is 2. The number of nitrogens with one attached hydrogen (secondary N) is 1. The Labute approximate surface area is 152 Å². The number of likely N-dealkylation sites (tertiary alicyclic amines) is 1. The van der Waals surface area contributed by atoms with Gasteiger partial charge in [-0.05, 0) is 61.8 Å². The average Bonchev–Trinajstić information content (AvgIpc) is 2.59. The molecule has 2 atom stereocenters. The van der Waals surface area contributed by atoms with Crippen LogP contribution in [0.15, 0.2) is 24.3 Å². The zero-order valence-electron chi connectivity index (χ0n) is 15.6. The predicted octanol–water partition coefficient (Wildman–Crippen LogP) is 3.37. The smallest absolute Gasteiger partial charge is 0.220 e. The first-order chi connectivity index (χ1) is 12.1. The summed E-state index contributed by atoms with van der Waals surface area (Å²) in [4.78, 5) is 14.5. The van der Waals surface area contributed by atoms with Crippen molar-refractivity contribution in [1.82, 2.24) is 10.2 Å². The molecule has 1 aliphatic heterocycles. The van der Waals surface area contributed by atoms with Gasteiger partial charge < -0.3 is 10.2 Å². The van der Waals surface area contributed by atoms with Crippen molar-refractivity contribution in [2.75, 3.05) is 26.2 Å². The van der Waals surface area contributed by atoms with Crippen LogP contribution in [0, 0.1) is 23.2 Å². The van der Waals surface area contributed by atoms with Crippen LogP contribution in [0.4, 0.5) is 0 Å². The lowest BCUT2D eigenvalue weighted by Gasteiger charge is -2.34. The van der Waals surface area contributed by atoms with E-state index >= 15 is 0 Å². The third-order valence-electron chi connectivity index (χ3n) is 4.89. The predicted molar refractivity (Wildman–Crippen MR) is 101 cm³/mol. The summed E-state index contributed by atoms with van der Waals surface area (Å²) in [5.74, 6) is 1.74. The van der Waals surface area contributed by atoms with Gasteiger partial charge in [-0.15, -0.1) is 0 Å². The Morgan fingerprint density at radius 1 is 1.20 bits per heavy atom. The maximum absolute atomic E-state index is 11.9. The molecule has 2 rings (SSSR count). The van der Waals surface area contributed by atoms with Gasteiger partial charge in [-0.1, -0.05) is 26.0 Å². The molecule has 1 N–H and O–H groups in total. The Balaban J connectivity index is 1.54. The Kier molecular flexibility index (Phi) is 7.94. The topological polar surface area (TPSA) is 56.1 Å². The Hall–Kier alpha value is -1.86. The molecule has 1 aliphatic rings. The SMILES string of the molecule is CC1CC(C)CN(CCCCNC(=O)CCc2ccc(C#N)cc2)C1. The molecule has 0 saturated carbocycles. The van der Waals surface area contributed by atoms with Gasteiger partial charge in [0, 0.05) is 26.1 Å². The van der Waals surface area contributed by atoms with Crippen molar-refractivity contribution in [2.24, 2.45) is 11.8 Å². The first-order valence-electron chi connectivity index (χ1n) is 9.55. The van der Waals surface area contributed by atoms with Crippen molar-refractivity contribution in [3.8, 4) is 6.07 Å². The van der Waals surface area contributed by atoms with Crippen molar-refractivity contribution >= 4 is 5.91 Å². The fourth-order valence-corrected chi connectivity index (χ4v) is 3.76. The maximum atomic E-state index is 11.9. The van der Waals surface area contributed by atoms with Gasteiger partial charge in [0.25, 0.3) is 0 Å². The molecule has 1 saturated heterocycles. The third-order valence-corrected chi connectivity index (χ3v) is 4.89. The summed E-state index contributed by atoms with van der Waals surface area (Å²) in [6, 6.07) is 9.55. The van der Waals surface area contributed by atoms with Crippen LogP contribution in [-0.2, 0) is 11.2 Å². The Morgan fingerprint density at radius 3 is 2.52 bits per heavy atom. The van der Waals surface area contributed by atoms with E-state index in [0.717, 1.165) is 49.8 Å². The fraction of sp³-hybridized carbons (Fsp3) is 0.619. The summed E-state index contributed by atoms with van der Waals surface area (Å²) >= 11 is 0. The lowest BCUT2D eigenvalue weighted by molar-refractivity contribution is -0.121. The van der Waals surface area contributed by atoms with Crippen molar-refractivity contribution in [2.45, 2.75) is 46.0 Å². The minimum absolute atomic E-state index is 0.115. The molecule has 4 heteroatoms. The Morgan fingerprint density at radius 2 is 1.88 bits per heavy atom. The van der Waals surface area contributed by atoms with Gasteiger partial charge in [0.15, 0.2) is 0 Å².